The van der Waals surface area contributed by atoms with Crippen LogP contribution in [0.2, 0.25) is 0 Å². The second-order valence-corrected chi connectivity index (χ2v) is 10.5. The third-order valence-electron chi connectivity index (χ3n) is 7.76. The van der Waals surface area contributed by atoms with E-state index >= 15 is 0 Å². The molecule has 0 radical (unpaired) electrons. The van der Waals surface area contributed by atoms with Crippen LogP contribution < -0.4 is 15.5 Å². The summed E-state index contributed by atoms with van der Waals surface area (Å²) >= 11 is 0. The van der Waals surface area contributed by atoms with E-state index in [0.29, 0.717) is 46.8 Å². The number of aliphatic imine (C=N–C) groups is 1. The fraction of sp³-hybridized carbons (Fsp3) is 0.300. The fourth-order valence-electron chi connectivity index (χ4n) is 5.67. The third-order valence-corrected chi connectivity index (χ3v) is 7.76. The van der Waals surface area contributed by atoms with Crippen LogP contribution >= 0.6 is 0 Å². The Bertz CT molecular complexity index is 1570. The zero-order valence-corrected chi connectivity index (χ0v) is 22.9. The zero-order chi connectivity index (χ0) is 30.1. The molecule has 0 spiro atoms. The number of benzodiazepines with no additional fused rings is 1. The molecule has 1 aromatic heterocycles. The standard InChI is InChI=1S/C30H28F3N7O3/c31-30(32,33)18-40-24-11-5-4-9-21(24)25(19-7-2-1-3-8-19)36-26(27(40)41)37-28(42)38-15-12-20(13-16-38)39-17-23-22(35-29(39)43)10-6-14-34-23/h1-11,14,20,26H,12-13,15-18H2,(H,35,43)(H,37,42)/t26-/m0/s1. The number of pyridine rings is 1. The van der Waals surface area contributed by atoms with Crippen LogP contribution in [0.1, 0.15) is 29.7 Å². The third kappa shape index (κ3) is 5.87. The molecule has 0 bridgehead atoms. The summed E-state index contributed by atoms with van der Waals surface area (Å²) in [5.41, 5.74) is 2.72. The van der Waals surface area contributed by atoms with Gasteiger partial charge in [0.05, 0.1) is 29.3 Å². The molecular weight excluding hydrogens is 563 g/mol. The van der Waals surface area contributed by atoms with E-state index in [0.717, 1.165) is 5.69 Å². The minimum absolute atomic E-state index is 0.0564. The topological polar surface area (TPSA) is 110 Å². The molecule has 0 aliphatic carbocycles. The predicted octanol–water partition coefficient (Wildman–Crippen LogP) is 4.38. The van der Waals surface area contributed by atoms with Gasteiger partial charge in [0.25, 0.3) is 5.91 Å². The summed E-state index contributed by atoms with van der Waals surface area (Å²) in [6.45, 7) is -0.633. The van der Waals surface area contributed by atoms with Gasteiger partial charge in [-0.25, -0.2) is 14.6 Å². The number of piperidine rings is 1. The largest absolute Gasteiger partial charge is 0.406 e. The number of alkyl halides is 3. The quantitative estimate of drug-likeness (QED) is 0.470. The number of anilines is 2. The van der Waals surface area contributed by atoms with Crippen molar-refractivity contribution in [2.75, 3.05) is 29.9 Å². The fourth-order valence-corrected chi connectivity index (χ4v) is 5.67. The summed E-state index contributed by atoms with van der Waals surface area (Å²) in [5, 5.41) is 5.43. The number of urea groups is 2. The second-order valence-electron chi connectivity index (χ2n) is 10.5. The van der Waals surface area contributed by atoms with Gasteiger partial charge in [-0.05, 0) is 31.0 Å². The Kier molecular flexibility index (Phi) is 7.46. The maximum absolute atomic E-state index is 13.7. The van der Waals surface area contributed by atoms with Crippen molar-refractivity contribution in [3.63, 3.8) is 0 Å². The van der Waals surface area contributed by atoms with Gasteiger partial charge in [-0.2, -0.15) is 13.2 Å². The molecule has 2 aromatic carbocycles. The van der Waals surface area contributed by atoms with Crippen LogP contribution in [0.3, 0.4) is 0 Å². The van der Waals surface area contributed by atoms with Crippen LogP contribution in [0, 0.1) is 0 Å². The number of nitrogens with zero attached hydrogens (tertiary/aromatic N) is 5. The number of halogens is 3. The van der Waals surface area contributed by atoms with E-state index < -0.39 is 30.8 Å². The molecule has 1 saturated heterocycles. The highest BCUT2D eigenvalue weighted by Crippen LogP contribution is 2.31. The number of aromatic nitrogens is 1. The van der Waals surface area contributed by atoms with Crippen molar-refractivity contribution in [1.29, 1.82) is 0 Å². The Balaban J connectivity index is 1.21. The molecule has 2 N–H and O–H groups in total. The summed E-state index contributed by atoms with van der Waals surface area (Å²) < 4.78 is 41.0. The van der Waals surface area contributed by atoms with Crippen molar-refractivity contribution in [2.45, 2.75) is 37.8 Å². The van der Waals surface area contributed by atoms with Gasteiger partial charge in [0.2, 0.25) is 6.17 Å². The van der Waals surface area contributed by atoms with Gasteiger partial charge >= 0.3 is 18.2 Å². The summed E-state index contributed by atoms with van der Waals surface area (Å²) in [4.78, 5) is 52.4. The van der Waals surface area contributed by atoms with Gasteiger partial charge in [0.1, 0.15) is 6.54 Å². The van der Waals surface area contributed by atoms with Crippen molar-refractivity contribution in [2.24, 2.45) is 4.99 Å². The molecule has 0 unspecified atom stereocenters. The lowest BCUT2D eigenvalue weighted by atomic mass is 10.0. The molecule has 1 fully saturated rings. The second kappa shape index (κ2) is 11.4. The van der Waals surface area contributed by atoms with E-state index in [1.807, 2.05) is 0 Å². The van der Waals surface area contributed by atoms with Crippen LogP contribution in [0.25, 0.3) is 0 Å². The van der Waals surface area contributed by atoms with E-state index in [-0.39, 0.29) is 30.8 Å². The zero-order valence-electron chi connectivity index (χ0n) is 22.9. The maximum Gasteiger partial charge on any atom is 0.406 e. The first-order chi connectivity index (χ1) is 20.7. The number of carbonyl (C=O) groups is 3. The van der Waals surface area contributed by atoms with E-state index in [1.54, 1.807) is 71.8 Å². The molecule has 3 aliphatic heterocycles. The van der Waals surface area contributed by atoms with Crippen molar-refractivity contribution in [3.8, 4) is 0 Å². The minimum Gasteiger partial charge on any atom is -0.325 e. The molecule has 3 aliphatic rings. The molecule has 5 amide bonds. The highest BCUT2D eigenvalue weighted by atomic mass is 19.4. The van der Waals surface area contributed by atoms with E-state index in [1.165, 1.54) is 11.0 Å². The summed E-state index contributed by atoms with van der Waals surface area (Å²) in [5.74, 6) is -0.991. The predicted molar refractivity (Wildman–Crippen MR) is 153 cm³/mol. The number of benzene rings is 2. The molecule has 6 rings (SSSR count). The highest BCUT2D eigenvalue weighted by molar-refractivity contribution is 6.20. The number of hydrogen-bond donors (Lipinski definition) is 2. The van der Waals surface area contributed by atoms with Crippen LogP contribution in [0.15, 0.2) is 77.9 Å². The molecule has 10 nitrogen and oxygen atoms in total. The first-order valence-corrected chi connectivity index (χ1v) is 13.9. The molecule has 222 valence electrons. The van der Waals surface area contributed by atoms with Crippen molar-refractivity contribution < 1.29 is 27.6 Å². The number of para-hydroxylation sites is 1. The smallest absolute Gasteiger partial charge is 0.325 e. The van der Waals surface area contributed by atoms with Crippen LogP contribution in [0.4, 0.5) is 34.1 Å². The van der Waals surface area contributed by atoms with Gasteiger partial charge in [0, 0.05) is 36.5 Å². The molecule has 3 aromatic rings. The monoisotopic (exact) mass is 591 g/mol. The van der Waals surface area contributed by atoms with Crippen LogP contribution in [-0.4, -0.2) is 76.5 Å². The van der Waals surface area contributed by atoms with Crippen molar-refractivity contribution in [3.05, 3.63) is 89.7 Å². The number of hydrogen-bond acceptors (Lipinski definition) is 5. The first kappa shape index (κ1) is 28.2. The van der Waals surface area contributed by atoms with E-state index in [9.17, 15) is 27.6 Å². The summed E-state index contributed by atoms with van der Waals surface area (Å²) in [6, 6.07) is 17.6. The SMILES string of the molecule is O=C(N[C@@H]1N=C(c2ccccc2)c2ccccc2N(CC(F)(F)F)C1=O)N1CCC(N2Cc3ncccc3NC2=O)CC1. The maximum atomic E-state index is 13.7. The highest BCUT2D eigenvalue weighted by Gasteiger charge is 2.41. The molecule has 1 atom stereocenters. The average Bonchev–Trinajstić information content (AvgIpc) is 3.11. The minimum atomic E-state index is -4.69. The van der Waals surface area contributed by atoms with E-state index in [4.69, 9.17) is 0 Å². The number of amides is 5. The Morgan fingerprint density at radius 1 is 0.977 bits per heavy atom. The van der Waals surface area contributed by atoms with Crippen molar-refractivity contribution in [1.82, 2.24) is 20.1 Å². The van der Waals surface area contributed by atoms with Gasteiger partial charge in [-0.15, -0.1) is 0 Å². The lowest BCUT2D eigenvalue weighted by Gasteiger charge is -2.40. The molecule has 43 heavy (non-hydrogen) atoms. The van der Waals surface area contributed by atoms with Crippen LogP contribution in [0.5, 0.6) is 0 Å². The summed E-state index contributed by atoms with van der Waals surface area (Å²) in [7, 11) is 0. The van der Waals surface area contributed by atoms with Crippen LogP contribution in [-0.2, 0) is 11.3 Å². The lowest BCUT2D eigenvalue weighted by Crippen LogP contribution is -2.56. The molecule has 13 heteroatoms. The molecule has 0 saturated carbocycles. The number of likely N-dealkylation sites (tertiary alicyclic amines) is 1. The Morgan fingerprint density at radius 3 is 2.44 bits per heavy atom. The molecule has 4 heterocycles. The van der Waals surface area contributed by atoms with Gasteiger partial charge < -0.3 is 20.4 Å². The van der Waals surface area contributed by atoms with Gasteiger partial charge in [-0.3, -0.25) is 14.7 Å². The number of carbonyl (C=O) groups excluding carboxylic acids is 3. The summed E-state index contributed by atoms with van der Waals surface area (Å²) in [6.07, 6.45) is -3.66. The first-order valence-electron chi connectivity index (χ1n) is 13.9. The number of fused-ring (bicyclic) bond motifs is 2. The Morgan fingerprint density at radius 2 is 1.70 bits per heavy atom. The molecular formula is C30H28F3N7O3. The Hall–Kier alpha value is -4.94. The Labute approximate surface area is 245 Å². The van der Waals surface area contributed by atoms with Gasteiger partial charge in [-0.1, -0.05) is 48.5 Å². The lowest BCUT2D eigenvalue weighted by molar-refractivity contribution is -0.133. The number of nitrogens with one attached hydrogen (secondary N) is 2. The number of rotatable bonds is 4. The van der Waals surface area contributed by atoms with Gasteiger partial charge in [0.15, 0.2) is 0 Å². The normalized spacial score (nSPS) is 19.2. The van der Waals surface area contributed by atoms with Crippen molar-refractivity contribution >= 4 is 35.1 Å². The van der Waals surface area contributed by atoms with E-state index in [2.05, 4.69) is 20.6 Å². The average molecular weight is 592 g/mol.